The van der Waals surface area contributed by atoms with Crippen LogP contribution in [0.1, 0.15) is 56.0 Å². The molecule has 0 spiro atoms. The zero-order valence-corrected chi connectivity index (χ0v) is 13.8. The first-order chi connectivity index (χ1) is 9.87. The second kappa shape index (κ2) is 5.01. The lowest BCUT2D eigenvalue weighted by Crippen LogP contribution is -2.52. The third-order valence-electron chi connectivity index (χ3n) is 5.92. The second-order valence-electron chi connectivity index (χ2n) is 7.65. The summed E-state index contributed by atoms with van der Waals surface area (Å²) < 4.78 is 0. The maximum Gasteiger partial charge on any atom is 0.251 e. The lowest BCUT2D eigenvalue weighted by molar-refractivity contribution is 0.0737. The summed E-state index contributed by atoms with van der Waals surface area (Å²) in [6.07, 6.45) is 3.79. The topological polar surface area (TPSA) is 29.1 Å². The quantitative estimate of drug-likeness (QED) is 0.825. The number of rotatable bonds is 3. The largest absolute Gasteiger partial charge is 0.348 e. The van der Waals surface area contributed by atoms with Crippen molar-refractivity contribution in [2.45, 2.75) is 52.0 Å². The van der Waals surface area contributed by atoms with E-state index in [4.69, 9.17) is 11.6 Å². The molecule has 0 aliphatic heterocycles. The summed E-state index contributed by atoms with van der Waals surface area (Å²) in [4.78, 5) is 12.6. The molecule has 2 aliphatic rings. The Morgan fingerprint density at radius 1 is 1.29 bits per heavy atom. The number of halogens is 1. The number of fused-ring (bicyclic) bond motifs is 2. The molecule has 3 atom stereocenters. The van der Waals surface area contributed by atoms with E-state index in [0.717, 1.165) is 17.0 Å². The standard InChI is InChI=1S/C18H24ClNO/c1-17(2)14-8-9-18(3,10-14)16(17)20-15(21)13-6-4-12(11-19)5-7-13/h4-7,14,16H,8-11H2,1-3H3,(H,20,21). The van der Waals surface area contributed by atoms with Gasteiger partial charge in [0.1, 0.15) is 0 Å². The van der Waals surface area contributed by atoms with Crippen LogP contribution < -0.4 is 5.32 Å². The van der Waals surface area contributed by atoms with Crippen molar-refractivity contribution in [2.24, 2.45) is 16.7 Å². The van der Waals surface area contributed by atoms with Gasteiger partial charge in [-0.05, 0) is 53.7 Å². The molecule has 1 aromatic rings. The zero-order valence-electron chi connectivity index (χ0n) is 13.1. The lowest BCUT2D eigenvalue weighted by Gasteiger charge is -2.43. The van der Waals surface area contributed by atoms with Gasteiger partial charge in [0.05, 0.1) is 0 Å². The maximum absolute atomic E-state index is 12.6. The van der Waals surface area contributed by atoms with Crippen molar-refractivity contribution >= 4 is 17.5 Å². The molecule has 3 unspecified atom stereocenters. The van der Waals surface area contributed by atoms with Crippen molar-refractivity contribution < 1.29 is 4.79 Å². The van der Waals surface area contributed by atoms with Crippen molar-refractivity contribution in [1.29, 1.82) is 0 Å². The van der Waals surface area contributed by atoms with Crippen LogP contribution in [0.3, 0.4) is 0 Å². The molecule has 114 valence electrons. The summed E-state index contributed by atoms with van der Waals surface area (Å²) in [5.74, 6) is 1.27. The number of alkyl halides is 1. The fraction of sp³-hybridized carbons (Fsp3) is 0.611. The molecule has 0 aromatic heterocycles. The van der Waals surface area contributed by atoms with E-state index in [-0.39, 0.29) is 22.8 Å². The van der Waals surface area contributed by atoms with E-state index in [1.54, 1.807) is 0 Å². The Hall–Kier alpha value is -1.02. The second-order valence-corrected chi connectivity index (χ2v) is 7.92. The van der Waals surface area contributed by atoms with Gasteiger partial charge in [0, 0.05) is 17.5 Å². The summed E-state index contributed by atoms with van der Waals surface area (Å²) in [7, 11) is 0. The van der Waals surface area contributed by atoms with Crippen LogP contribution in [-0.2, 0) is 5.88 Å². The summed E-state index contributed by atoms with van der Waals surface area (Å²) in [6, 6.07) is 7.86. The predicted molar refractivity (Wildman–Crippen MR) is 86.5 cm³/mol. The Morgan fingerprint density at radius 2 is 1.95 bits per heavy atom. The number of hydrogen-bond acceptors (Lipinski definition) is 1. The van der Waals surface area contributed by atoms with Gasteiger partial charge in [-0.15, -0.1) is 11.6 Å². The number of hydrogen-bond donors (Lipinski definition) is 1. The number of carbonyl (C=O) groups is 1. The van der Waals surface area contributed by atoms with Crippen LogP contribution in [0, 0.1) is 16.7 Å². The highest BCUT2D eigenvalue weighted by Crippen LogP contribution is 2.62. The molecule has 2 fully saturated rings. The molecule has 2 bridgehead atoms. The van der Waals surface area contributed by atoms with E-state index in [2.05, 4.69) is 26.1 Å². The molecule has 1 N–H and O–H groups in total. The van der Waals surface area contributed by atoms with Crippen LogP contribution in [0.4, 0.5) is 0 Å². The fourth-order valence-corrected chi connectivity index (χ4v) is 4.80. The van der Waals surface area contributed by atoms with E-state index >= 15 is 0 Å². The van der Waals surface area contributed by atoms with Crippen LogP contribution >= 0.6 is 11.6 Å². The van der Waals surface area contributed by atoms with Crippen LogP contribution in [0.2, 0.25) is 0 Å². The molecule has 3 rings (SSSR count). The third kappa shape index (κ3) is 2.38. The highest BCUT2D eigenvalue weighted by Gasteiger charge is 2.59. The number of benzene rings is 1. The van der Waals surface area contributed by atoms with Crippen LogP contribution in [0.25, 0.3) is 0 Å². The summed E-state index contributed by atoms with van der Waals surface area (Å²) in [6.45, 7) is 6.95. The molecule has 2 aliphatic carbocycles. The summed E-state index contributed by atoms with van der Waals surface area (Å²) >= 11 is 5.79. The summed E-state index contributed by atoms with van der Waals surface area (Å²) in [5.41, 5.74) is 2.23. The Labute approximate surface area is 132 Å². The first-order valence-corrected chi connectivity index (χ1v) is 8.36. The van der Waals surface area contributed by atoms with Crippen molar-refractivity contribution in [3.05, 3.63) is 35.4 Å². The minimum absolute atomic E-state index is 0.0444. The van der Waals surface area contributed by atoms with Gasteiger partial charge >= 0.3 is 0 Å². The normalized spacial score (nSPS) is 33.1. The van der Waals surface area contributed by atoms with E-state index in [1.165, 1.54) is 19.3 Å². The molecule has 1 aromatic carbocycles. The van der Waals surface area contributed by atoms with Gasteiger partial charge in [-0.3, -0.25) is 4.79 Å². The highest BCUT2D eigenvalue weighted by atomic mass is 35.5. The Kier molecular flexibility index (Phi) is 3.56. The molecular weight excluding hydrogens is 282 g/mol. The Balaban J connectivity index is 1.78. The van der Waals surface area contributed by atoms with E-state index in [1.807, 2.05) is 24.3 Å². The van der Waals surface area contributed by atoms with Gasteiger partial charge in [0.15, 0.2) is 0 Å². The van der Waals surface area contributed by atoms with Crippen LogP contribution in [-0.4, -0.2) is 11.9 Å². The van der Waals surface area contributed by atoms with Gasteiger partial charge in [0.25, 0.3) is 5.91 Å². The first-order valence-electron chi connectivity index (χ1n) is 7.82. The predicted octanol–water partition coefficient (Wildman–Crippen LogP) is 4.37. The van der Waals surface area contributed by atoms with Crippen molar-refractivity contribution in [1.82, 2.24) is 5.32 Å². The first kappa shape index (κ1) is 14.9. The van der Waals surface area contributed by atoms with Crippen molar-refractivity contribution in [2.75, 3.05) is 0 Å². The van der Waals surface area contributed by atoms with Gasteiger partial charge in [-0.2, -0.15) is 0 Å². The fourth-order valence-electron chi connectivity index (χ4n) is 4.62. The molecule has 3 heteroatoms. The molecule has 0 heterocycles. The average molecular weight is 306 g/mol. The third-order valence-corrected chi connectivity index (χ3v) is 6.22. The van der Waals surface area contributed by atoms with Gasteiger partial charge < -0.3 is 5.32 Å². The monoisotopic (exact) mass is 305 g/mol. The maximum atomic E-state index is 12.6. The van der Waals surface area contributed by atoms with E-state index in [0.29, 0.717) is 5.88 Å². The van der Waals surface area contributed by atoms with Crippen molar-refractivity contribution in [3.63, 3.8) is 0 Å². The number of carbonyl (C=O) groups excluding carboxylic acids is 1. The van der Waals surface area contributed by atoms with Gasteiger partial charge in [-0.25, -0.2) is 0 Å². The molecule has 0 saturated heterocycles. The van der Waals surface area contributed by atoms with Crippen LogP contribution in [0.15, 0.2) is 24.3 Å². The molecule has 0 radical (unpaired) electrons. The zero-order chi connectivity index (χ0) is 15.3. The number of amides is 1. The van der Waals surface area contributed by atoms with E-state index in [9.17, 15) is 4.79 Å². The average Bonchev–Trinajstić information content (AvgIpc) is 2.94. The molecule has 1 amide bonds. The van der Waals surface area contributed by atoms with E-state index < -0.39 is 0 Å². The molecular formula is C18H24ClNO. The minimum atomic E-state index is 0.0444. The minimum Gasteiger partial charge on any atom is -0.348 e. The lowest BCUT2D eigenvalue weighted by atomic mass is 9.68. The highest BCUT2D eigenvalue weighted by molar-refractivity contribution is 6.17. The smallest absolute Gasteiger partial charge is 0.251 e. The van der Waals surface area contributed by atoms with Crippen molar-refractivity contribution in [3.8, 4) is 0 Å². The van der Waals surface area contributed by atoms with Crippen LogP contribution in [0.5, 0.6) is 0 Å². The Bertz CT molecular complexity index is 546. The molecule has 2 nitrogen and oxygen atoms in total. The van der Waals surface area contributed by atoms with Gasteiger partial charge in [-0.1, -0.05) is 32.9 Å². The SMILES string of the molecule is CC12CCC(C1)C(C)(C)C2NC(=O)c1ccc(CCl)cc1. The summed E-state index contributed by atoms with van der Waals surface area (Å²) in [5, 5.41) is 3.32. The molecule has 2 saturated carbocycles. The van der Waals surface area contributed by atoms with Gasteiger partial charge in [0.2, 0.25) is 0 Å². The number of nitrogens with one attached hydrogen (secondary N) is 1. The Morgan fingerprint density at radius 3 is 2.48 bits per heavy atom. The molecule has 21 heavy (non-hydrogen) atoms.